The van der Waals surface area contributed by atoms with Crippen LogP contribution >= 0.6 is 15.9 Å². The molecule has 10 heteroatoms. The van der Waals surface area contributed by atoms with Crippen molar-refractivity contribution in [2.24, 2.45) is 0 Å². The first kappa shape index (κ1) is 17.6. The van der Waals surface area contributed by atoms with Crippen molar-refractivity contribution in [3.8, 4) is 11.3 Å². The summed E-state index contributed by atoms with van der Waals surface area (Å²) in [6.45, 7) is 4.78. The lowest BCUT2D eigenvalue weighted by Crippen LogP contribution is -2.58. The molecule has 3 heterocycles. The summed E-state index contributed by atoms with van der Waals surface area (Å²) in [4.78, 5) is 21.2. The first-order valence-electron chi connectivity index (χ1n) is 7.69. The molecule has 0 unspecified atom stereocenters. The smallest absolute Gasteiger partial charge is 0.407 e. The van der Waals surface area contributed by atoms with Gasteiger partial charge < -0.3 is 15.6 Å². The quantitative estimate of drug-likeness (QED) is 0.791. The molecule has 0 radical (unpaired) electrons. The molecular formula is C15H19BrN6O3. The van der Waals surface area contributed by atoms with E-state index in [4.69, 9.17) is 10.5 Å². The maximum atomic E-state index is 11.4. The summed E-state index contributed by atoms with van der Waals surface area (Å²) in [6.07, 6.45) is 3.87. The minimum absolute atomic E-state index is 0.263. The lowest BCUT2D eigenvalue weighted by molar-refractivity contribution is -0.0918. The Labute approximate surface area is 152 Å². The Morgan fingerprint density at radius 2 is 2.28 bits per heavy atom. The molecule has 1 aliphatic heterocycles. The van der Waals surface area contributed by atoms with Crippen LogP contribution in [-0.4, -0.2) is 60.6 Å². The van der Waals surface area contributed by atoms with E-state index in [0.717, 1.165) is 5.56 Å². The number of nitrogen functional groups attached to an aromatic ring is 1. The van der Waals surface area contributed by atoms with Crippen LogP contribution in [0.3, 0.4) is 0 Å². The third-order valence-corrected chi connectivity index (χ3v) is 4.68. The van der Waals surface area contributed by atoms with Crippen molar-refractivity contribution < 1.29 is 14.6 Å². The SMILES string of the molecule is CC1(C)CO[C@@H](Cn2cc(-c3cnc(N)c(Br)n3)cn2)CN1C(=O)O. The fourth-order valence-corrected chi connectivity index (χ4v) is 2.96. The van der Waals surface area contributed by atoms with E-state index >= 15 is 0 Å². The predicted molar refractivity (Wildman–Crippen MR) is 93.9 cm³/mol. The second kappa shape index (κ2) is 6.60. The van der Waals surface area contributed by atoms with Crippen LogP contribution in [0.25, 0.3) is 11.3 Å². The largest absolute Gasteiger partial charge is 0.465 e. The van der Waals surface area contributed by atoms with Crippen molar-refractivity contribution in [2.45, 2.75) is 32.0 Å². The minimum atomic E-state index is -0.943. The molecule has 1 amide bonds. The zero-order valence-corrected chi connectivity index (χ0v) is 15.5. The fourth-order valence-electron chi connectivity index (χ4n) is 2.67. The third-order valence-electron chi connectivity index (χ3n) is 4.10. The van der Waals surface area contributed by atoms with E-state index in [2.05, 4.69) is 31.0 Å². The van der Waals surface area contributed by atoms with Gasteiger partial charge in [-0.3, -0.25) is 9.58 Å². The van der Waals surface area contributed by atoms with Gasteiger partial charge in [0.25, 0.3) is 0 Å². The van der Waals surface area contributed by atoms with Crippen molar-refractivity contribution in [1.82, 2.24) is 24.6 Å². The molecule has 0 bridgehead atoms. The van der Waals surface area contributed by atoms with Crippen molar-refractivity contribution in [3.63, 3.8) is 0 Å². The van der Waals surface area contributed by atoms with Gasteiger partial charge in [-0.2, -0.15) is 5.10 Å². The number of aromatic nitrogens is 4. The van der Waals surface area contributed by atoms with Gasteiger partial charge in [-0.1, -0.05) is 0 Å². The molecule has 0 aromatic carbocycles. The standard InChI is InChI=1S/C15H19BrN6O3/c1-15(2)8-25-10(7-22(15)14(23)24)6-21-5-9(3-19-21)11-4-18-13(17)12(16)20-11/h3-5,10H,6-8H2,1-2H3,(H2,17,18)(H,23,24)/t10-/m0/s1. The van der Waals surface area contributed by atoms with Crippen LogP contribution in [0.2, 0.25) is 0 Å². The van der Waals surface area contributed by atoms with Gasteiger partial charge in [0.1, 0.15) is 4.60 Å². The number of amides is 1. The van der Waals surface area contributed by atoms with E-state index in [1.54, 1.807) is 17.1 Å². The molecule has 1 atom stereocenters. The Kier molecular flexibility index (Phi) is 4.65. The van der Waals surface area contributed by atoms with Gasteiger partial charge >= 0.3 is 6.09 Å². The topological polar surface area (TPSA) is 119 Å². The highest BCUT2D eigenvalue weighted by Crippen LogP contribution is 2.24. The number of carbonyl (C=O) groups is 1. The molecule has 0 saturated carbocycles. The van der Waals surface area contributed by atoms with Crippen LogP contribution in [-0.2, 0) is 11.3 Å². The van der Waals surface area contributed by atoms with Crippen LogP contribution in [0.5, 0.6) is 0 Å². The number of nitrogens with zero attached hydrogens (tertiary/aromatic N) is 5. The summed E-state index contributed by atoms with van der Waals surface area (Å²) in [7, 11) is 0. The number of anilines is 1. The van der Waals surface area contributed by atoms with Gasteiger partial charge in [-0.25, -0.2) is 14.8 Å². The molecule has 0 spiro atoms. The maximum absolute atomic E-state index is 11.4. The maximum Gasteiger partial charge on any atom is 0.407 e. The Morgan fingerprint density at radius 3 is 2.96 bits per heavy atom. The van der Waals surface area contributed by atoms with Crippen LogP contribution in [0.15, 0.2) is 23.2 Å². The Morgan fingerprint density at radius 1 is 1.52 bits per heavy atom. The molecule has 3 rings (SSSR count). The average Bonchev–Trinajstić information content (AvgIpc) is 3.00. The molecule has 1 fully saturated rings. The van der Waals surface area contributed by atoms with Crippen LogP contribution < -0.4 is 5.73 Å². The van der Waals surface area contributed by atoms with E-state index in [9.17, 15) is 9.90 Å². The lowest BCUT2D eigenvalue weighted by Gasteiger charge is -2.43. The van der Waals surface area contributed by atoms with E-state index in [-0.39, 0.29) is 6.10 Å². The van der Waals surface area contributed by atoms with Gasteiger partial charge in [0.05, 0.1) is 49.4 Å². The zero-order chi connectivity index (χ0) is 18.2. The fraction of sp³-hybridized carbons (Fsp3) is 0.467. The molecule has 3 N–H and O–H groups in total. The van der Waals surface area contributed by atoms with E-state index in [0.29, 0.717) is 35.8 Å². The monoisotopic (exact) mass is 410 g/mol. The lowest BCUT2D eigenvalue weighted by atomic mass is 10.0. The summed E-state index contributed by atoms with van der Waals surface area (Å²) in [5.41, 5.74) is 6.54. The molecular weight excluding hydrogens is 392 g/mol. The number of carboxylic acid groups (broad SMARTS) is 1. The Balaban J connectivity index is 1.71. The first-order valence-corrected chi connectivity index (χ1v) is 8.48. The van der Waals surface area contributed by atoms with Crippen LogP contribution in [0, 0.1) is 0 Å². The Hall–Kier alpha value is -2.20. The summed E-state index contributed by atoms with van der Waals surface area (Å²) < 4.78 is 8.00. The number of hydrogen-bond donors (Lipinski definition) is 2. The van der Waals surface area contributed by atoms with E-state index in [1.807, 2.05) is 20.0 Å². The molecule has 1 saturated heterocycles. The molecule has 1 aliphatic rings. The van der Waals surface area contributed by atoms with Crippen LogP contribution in [0.4, 0.5) is 10.6 Å². The van der Waals surface area contributed by atoms with Gasteiger partial charge in [0.15, 0.2) is 5.82 Å². The second-order valence-electron chi connectivity index (χ2n) is 6.52. The minimum Gasteiger partial charge on any atom is -0.465 e. The number of ether oxygens (including phenoxy) is 1. The van der Waals surface area contributed by atoms with Crippen molar-refractivity contribution in [2.75, 3.05) is 18.9 Å². The van der Waals surface area contributed by atoms with E-state index in [1.165, 1.54) is 4.90 Å². The third kappa shape index (κ3) is 3.74. The van der Waals surface area contributed by atoms with Crippen molar-refractivity contribution in [3.05, 3.63) is 23.2 Å². The first-order chi connectivity index (χ1) is 11.8. The molecule has 134 valence electrons. The summed E-state index contributed by atoms with van der Waals surface area (Å²) >= 11 is 3.25. The van der Waals surface area contributed by atoms with Gasteiger partial charge in [-0.15, -0.1) is 0 Å². The van der Waals surface area contributed by atoms with Crippen molar-refractivity contribution in [1.29, 1.82) is 0 Å². The van der Waals surface area contributed by atoms with Gasteiger partial charge in [-0.05, 0) is 29.8 Å². The normalized spacial score (nSPS) is 19.8. The van der Waals surface area contributed by atoms with E-state index < -0.39 is 11.6 Å². The number of morpholine rings is 1. The number of hydrogen-bond acceptors (Lipinski definition) is 6. The van der Waals surface area contributed by atoms with Crippen LogP contribution in [0.1, 0.15) is 13.8 Å². The summed E-state index contributed by atoms with van der Waals surface area (Å²) in [5.74, 6) is 0.322. The van der Waals surface area contributed by atoms with Crippen molar-refractivity contribution >= 4 is 27.8 Å². The Bertz CT molecular complexity index is 793. The molecule has 2 aromatic rings. The highest BCUT2D eigenvalue weighted by atomic mass is 79.9. The highest BCUT2D eigenvalue weighted by Gasteiger charge is 2.38. The summed E-state index contributed by atoms with van der Waals surface area (Å²) in [5, 5.41) is 13.7. The van der Waals surface area contributed by atoms with Gasteiger partial charge in [0.2, 0.25) is 0 Å². The molecule has 0 aliphatic carbocycles. The average molecular weight is 411 g/mol. The second-order valence-corrected chi connectivity index (χ2v) is 7.27. The predicted octanol–water partition coefficient (Wildman–Crippen LogP) is 1.84. The number of halogens is 1. The van der Waals surface area contributed by atoms with Gasteiger partial charge in [0, 0.05) is 11.8 Å². The molecule has 9 nitrogen and oxygen atoms in total. The summed E-state index contributed by atoms with van der Waals surface area (Å²) in [6, 6.07) is 0. The molecule has 25 heavy (non-hydrogen) atoms. The highest BCUT2D eigenvalue weighted by molar-refractivity contribution is 9.10. The molecule has 2 aromatic heterocycles. The number of nitrogens with two attached hydrogens (primary N) is 1. The zero-order valence-electron chi connectivity index (χ0n) is 13.9. The number of rotatable bonds is 3.